The number of rotatable bonds is 7. The lowest BCUT2D eigenvalue weighted by molar-refractivity contribution is 0.0945. The zero-order valence-electron chi connectivity index (χ0n) is 15.3. The Kier molecular flexibility index (Phi) is 6.36. The van der Waals surface area contributed by atoms with E-state index in [1.807, 2.05) is 25.1 Å². The van der Waals surface area contributed by atoms with E-state index in [0.29, 0.717) is 18.1 Å². The second kappa shape index (κ2) is 9.13. The summed E-state index contributed by atoms with van der Waals surface area (Å²) in [6.07, 6.45) is 11.6. The molecule has 2 aromatic rings. The van der Waals surface area contributed by atoms with Crippen LogP contribution in [-0.2, 0) is 6.54 Å². The van der Waals surface area contributed by atoms with E-state index >= 15 is 0 Å². The number of allylic oxidation sites excluding steroid dienone is 1. The summed E-state index contributed by atoms with van der Waals surface area (Å²) in [4.78, 5) is 20.7. The first-order valence-corrected chi connectivity index (χ1v) is 9.28. The highest BCUT2D eigenvalue weighted by molar-refractivity contribution is 5.91. The van der Waals surface area contributed by atoms with Crippen LogP contribution in [0.5, 0.6) is 0 Å². The molecule has 3 rings (SSSR count). The molecule has 1 amide bonds. The monoisotopic (exact) mass is 350 g/mol. The van der Waals surface area contributed by atoms with E-state index in [2.05, 4.69) is 32.7 Å². The van der Waals surface area contributed by atoms with E-state index in [0.717, 1.165) is 18.5 Å². The zero-order chi connectivity index (χ0) is 18.2. The summed E-state index contributed by atoms with van der Waals surface area (Å²) in [6, 6.07) is 8.07. The molecular weight excluding hydrogens is 324 g/mol. The Morgan fingerprint density at radius 2 is 2.12 bits per heavy atom. The molecule has 0 atom stereocenters. The lowest BCUT2D eigenvalue weighted by Gasteiger charge is -2.13. The Labute approximate surface area is 155 Å². The molecule has 0 fully saturated rings. The van der Waals surface area contributed by atoms with Gasteiger partial charge in [-0.1, -0.05) is 41.5 Å². The molecule has 5 heteroatoms. The van der Waals surface area contributed by atoms with Crippen molar-refractivity contribution in [3.8, 4) is 0 Å². The summed E-state index contributed by atoms with van der Waals surface area (Å²) in [5.74, 6) is 0.495. The minimum absolute atomic E-state index is 0.210. The van der Waals surface area contributed by atoms with Crippen LogP contribution in [-0.4, -0.2) is 22.4 Å². The molecule has 0 bridgehead atoms. The fourth-order valence-corrected chi connectivity index (χ4v) is 3.11. The second-order valence-electron chi connectivity index (χ2n) is 6.74. The number of hydrogen-bond donors (Lipinski definition) is 2. The van der Waals surface area contributed by atoms with Gasteiger partial charge in [0.1, 0.15) is 11.5 Å². The van der Waals surface area contributed by atoms with Gasteiger partial charge in [0.25, 0.3) is 5.91 Å². The molecule has 2 N–H and O–H groups in total. The predicted molar refractivity (Wildman–Crippen MR) is 104 cm³/mol. The molecule has 0 radical (unpaired) electrons. The standard InChI is InChI=1S/C21H26N4O/c1-16-6-5-9-18(12-16)13-25-21(26)19-14-24-20(15-23-19)22-11-10-17-7-3-2-4-8-17/h5-7,9,12,14-15H,2-4,8,10-11,13H2,1H3,(H,22,24)(H,25,26). The number of nitrogens with one attached hydrogen (secondary N) is 2. The van der Waals surface area contributed by atoms with Crippen molar-refractivity contribution in [2.75, 3.05) is 11.9 Å². The van der Waals surface area contributed by atoms with Crippen LogP contribution >= 0.6 is 0 Å². The molecule has 0 spiro atoms. The third-order valence-corrected chi connectivity index (χ3v) is 4.56. The van der Waals surface area contributed by atoms with Crippen LogP contribution in [0.15, 0.2) is 48.3 Å². The number of aryl methyl sites for hydroxylation is 1. The number of benzene rings is 1. The maximum absolute atomic E-state index is 12.2. The Bertz CT molecular complexity index is 768. The number of nitrogens with zero attached hydrogens (tertiary/aromatic N) is 2. The second-order valence-corrected chi connectivity index (χ2v) is 6.74. The highest BCUT2D eigenvalue weighted by Crippen LogP contribution is 2.19. The van der Waals surface area contributed by atoms with Crippen molar-refractivity contribution < 1.29 is 4.79 Å². The average molecular weight is 350 g/mol. The molecule has 5 nitrogen and oxygen atoms in total. The molecule has 0 saturated heterocycles. The van der Waals surface area contributed by atoms with Crippen molar-refractivity contribution in [3.63, 3.8) is 0 Å². The third kappa shape index (κ3) is 5.41. The largest absolute Gasteiger partial charge is 0.368 e. The van der Waals surface area contributed by atoms with Crippen molar-refractivity contribution >= 4 is 11.7 Å². The SMILES string of the molecule is Cc1cccc(CNC(=O)c2cnc(NCCC3=CCCCC3)cn2)c1. The van der Waals surface area contributed by atoms with Crippen molar-refractivity contribution in [1.29, 1.82) is 0 Å². The molecular formula is C21H26N4O. The van der Waals surface area contributed by atoms with Crippen LogP contribution in [0, 0.1) is 6.92 Å². The Hall–Kier alpha value is -2.69. The number of carbonyl (C=O) groups is 1. The molecule has 1 aromatic heterocycles. The molecule has 1 aromatic carbocycles. The molecule has 1 aliphatic rings. The first-order valence-electron chi connectivity index (χ1n) is 9.28. The molecule has 26 heavy (non-hydrogen) atoms. The van der Waals surface area contributed by atoms with Crippen LogP contribution in [0.25, 0.3) is 0 Å². The third-order valence-electron chi connectivity index (χ3n) is 4.56. The van der Waals surface area contributed by atoms with Gasteiger partial charge in [0.05, 0.1) is 12.4 Å². The van der Waals surface area contributed by atoms with Gasteiger partial charge in [0, 0.05) is 13.1 Å². The van der Waals surface area contributed by atoms with E-state index in [-0.39, 0.29) is 5.91 Å². The van der Waals surface area contributed by atoms with Gasteiger partial charge in [0.15, 0.2) is 0 Å². The summed E-state index contributed by atoms with van der Waals surface area (Å²) >= 11 is 0. The fourth-order valence-electron chi connectivity index (χ4n) is 3.11. The summed E-state index contributed by atoms with van der Waals surface area (Å²) in [5, 5.41) is 6.15. The minimum Gasteiger partial charge on any atom is -0.368 e. The highest BCUT2D eigenvalue weighted by Gasteiger charge is 2.08. The van der Waals surface area contributed by atoms with Crippen LogP contribution < -0.4 is 10.6 Å². The van der Waals surface area contributed by atoms with Gasteiger partial charge in [0.2, 0.25) is 0 Å². The van der Waals surface area contributed by atoms with Crippen LogP contribution in [0.2, 0.25) is 0 Å². The van der Waals surface area contributed by atoms with E-state index in [9.17, 15) is 4.79 Å². The number of amides is 1. The van der Waals surface area contributed by atoms with E-state index in [4.69, 9.17) is 0 Å². The first kappa shape index (κ1) is 18.1. The Morgan fingerprint density at radius 1 is 1.19 bits per heavy atom. The number of aromatic nitrogens is 2. The van der Waals surface area contributed by atoms with Gasteiger partial charge in [-0.25, -0.2) is 9.97 Å². The smallest absolute Gasteiger partial charge is 0.271 e. The average Bonchev–Trinajstić information content (AvgIpc) is 2.68. The molecule has 136 valence electrons. The van der Waals surface area contributed by atoms with Gasteiger partial charge in [-0.3, -0.25) is 4.79 Å². The van der Waals surface area contributed by atoms with Gasteiger partial charge in [-0.15, -0.1) is 0 Å². The summed E-state index contributed by atoms with van der Waals surface area (Å²) in [6.45, 7) is 3.37. The first-order chi connectivity index (χ1) is 12.7. The van der Waals surface area contributed by atoms with Crippen LogP contribution in [0.4, 0.5) is 5.82 Å². The molecule has 1 aliphatic carbocycles. The summed E-state index contributed by atoms with van der Waals surface area (Å²) in [5.41, 5.74) is 4.11. The van der Waals surface area contributed by atoms with E-state index < -0.39 is 0 Å². The number of hydrogen-bond acceptors (Lipinski definition) is 4. The zero-order valence-corrected chi connectivity index (χ0v) is 15.3. The van der Waals surface area contributed by atoms with Gasteiger partial charge < -0.3 is 10.6 Å². The maximum Gasteiger partial charge on any atom is 0.271 e. The highest BCUT2D eigenvalue weighted by atomic mass is 16.1. The Morgan fingerprint density at radius 3 is 2.85 bits per heavy atom. The van der Waals surface area contributed by atoms with E-state index in [1.165, 1.54) is 43.0 Å². The fraction of sp³-hybridized carbons (Fsp3) is 0.381. The number of anilines is 1. The molecule has 0 aliphatic heterocycles. The summed E-state index contributed by atoms with van der Waals surface area (Å²) in [7, 11) is 0. The van der Waals surface area contributed by atoms with E-state index in [1.54, 1.807) is 6.20 Å². The number of carbonyl (C=O) groups excluding carboxylic acids is 1. The van der Waals surface area contributed by atoms with Gasteiger partial charge in [-0.05, 0) is 44.6 Å². The van der Waals surface area contributed by atoms with Crippen molar-refractivity contribution in [3.05, 3.63) is 65.1 Å². The van der Waals surface area contributed by atoms with Crippen LogP contribution in [0.3, 0.4) is 0 Å². The van der Waals surface area contributed by atoms with Crippen LogP contribution in [0.1, 0.15) is 53.7 Å². The topological polar surface area (TPSA) is 66.9 Å². The molecule has 1 heterocycles. The summed E-state index contributed by atoms with van der Waals surface area (Å²) < 4.78 is 0. The van der Waals surface area contributed by atoms with Crippen molar-refractivity contribution in [2.45, 2.75) is 45.6 Å². The van der Waals surface area contributed by atoms with Crippen molar-refractivity contribution in [1.82, 2.24) is 15.3 Å². The normalized spacial score (nSPS) is 13.8. The minimum atomic E-state index is -0.210. The molecule has 0 saturated carbocycles. The lowest BCUT2D eigenvalue weighted by Crippen LogP contribution is -2.24. The van der Waals surface area contributed by atoms with Gasteiger partial charge in [-0.2, -0.15) is 0 Å². The van der Waals surface area contributed by atoms with Gasteiger partial charge >= 0.3 is 0 Å². The molecule has 0 unspecified atom stereocenters. The predicted octanol–water partition coefficient (Wildman–Crippen LogP) is 4.02. The Balaban J connectivity index is 1.45. The lowest BCUT2D eigenvalue weighted by atomic mass is 9.97. The van der Waals surface area contributed by atoms with Crippen molar-refractivity contribution in [2.24, 2.45) is 0 Å². The maximum atomic E-state index is 12.2. The quantitative estimate of drug-likeness (QED) is 0.740.